The van der Waals surface area contributed by atoms with E-state index in [2.05, 4.69) is 26.1 Å². The van der Waals surface area contributed by atoms with Crippen molar-refractivity contribution < 1.29 is 13.2 Å². The Hall–Kier alpha value is -1.69. The number of anilines is 1. The first-order valence-corrected chi connectivity index (χ1v) is 9.86. The molecule has 1 N–H and O–H groups in total. The summed E-state index contributed by atoms with van der Waals surface area (Å²) < 4.78 is 39.5. The van der Waals surface area contributed by atoms with Gasteiger partial charge in [0, 0.05) is 23.4 Å². The van der Waals surface area contributed by atoms with Crippen molar-refractivity contribution in [2.45, 2.75) is 44.2 Å². The van der Waals surface area contributed by atoms with Gasteiger partial charge in [-0.05, 0) is 29.4 Å². The highest BCUT2D eigenvalue weighted by molar-refractivity contribution is 7.99. The van der Waals surface area contributed by atoms with Crippen LogP contribution in [0.15, 0.2) is 35.2 Å². The number of hydrogen-bond acceptors (Lipinski definition) is 3. The SMILES string of the molecule is CCSc1ccccc1-c1nc2c(cc1C(C)C)NCC(C(F)(F)F)C2. The molecule has 140 valence electrons. The molecule has 0 spiro atoms. The molecule has 1 unspecified atom stereocenters. The molecular weight excluding hydrogens is 357 g/mol. The highest BCUT2D eigenvalue weighted by Crippen LogP contribution is 2.40. The van der Waals surface area contributed by atoms with Crippen molar-refractivity contribution in [3.63, 3.8) is 0 Å². The summed E-state index contributed by atoms with van der Waals surface area (Å²) in [5, 5.41) is 2.95. The second kappa shape index (κ2) is 7.51. The Morgan fingerprint density at radius 2 is 2.00 bits per heavy atom. The highest BCUT2D eigenvalue weighted by Gasteiger charge is 2.42. The second-order valence-electron chi connectivity index (χ2n) is 6.83. The number of fused-ring (bicyclic) bond motifs is 1. The second-order valence-corrected chi connectivity index (χ2v) is 8.13. The molecule has 0 bridgehead atoms. The Labute approximate surface area is 156 Å². The van der Waals surface area contributed by atoms with Crippen molar-refractivity contribution in [1.29, 1.82) is 0 Å². The van der Waals surface area contributed by atoms with Crippen LogP contribution >= 0.6 is 11.8 Å². The monoisotopic (exact) mass is 380 g/mol. The summed E-state index contributed by atoms with van der Waals surface area (Å²) in [4.78, 5) is 5.85. The number of nitrogens with one attached hydrogen (secondary N) is 1. The van der Waals surface area contributed by atoms with Crippen LogP contribution < -0.4 is 5.32 Å². The predicted octanol–water partition coefficient (Wildman–Crippen LogP) is 6.13. The first-order chi connectivity index (χ1) is 12.3. The Balaban J connectivity index is 2.11. The van der Waals surface area contributed by atoms with Crippen molar-refractivity contribution in [2.24, 2.45) is 5.92 Å². The molecule has 1 aromatic heterocycles. The third-order valence-corrected chi connectivity index (χ3v) is 5.59. The number of rotatable bonds is 4. The van der Waals surface area contributed by atoms with Crippen molar-refractivity contribution in [1.82, 2.24) is 4.98 Å². The Morgan fingerprint density at radius 1 is 1.27 bits per heavy atom. The lowest BCUT2D eigenvalue weighted by atomic mass is 9.91. The van der Waals surface area contributed by atoms with E-state index >= 15 is 0 Å². The number of aromatic nitrogens is 1. The number of hydrogen-bond donors (Lipinski definition) is 1. The molecule has 2 nitrogen and oxygen atoms in total. The number of pyridine rings is 1. The molecule has 2 heterocycles. The van der Waals surface area contributed by atoms with Crippen LogP contribution in [0.1, 0.15) is 37.9 Å². The first-order valence-electron chi connectivity index (χ1n) is 8.87. The molecule has 1 aliphatic heterocycles. The normalized spacial score (nSPS) is 17.1. The molecule has 1 aliphatic rings. The van der Waals surface area contributed by atoms with E-state index in [1.807, 2.05) is 30.3 Å². The Kier molecular flexibility index (Phi) is 5.51. The maximum absolute atomic E-state index is 13.2. The molecule has 26 heavy (non-hydrogen) atoms. The molecule has 0 aliphatic carbocycles. The van der Waals surface area contributed by atoms with Gasteiger partial charge in [-0.15, -0.1) is 11.8 Å². The number of benzene rings is 1. The minimum Gasteiger partial charge on any atom is -0.383 e. The largest absolute Gasteiger partial charge is 0.393 e. The molecule has 2 aromatic rings. The molecule has 3 rings (SSSR count). The van der Waals surface area contributed by atoms with Crippen LogP contribution in [0.2, 0.25) is 0 Å². The van der Waals surface area contributed by atoms with E-state index in [4.69, 9.17) is 4.98 Å². The van der Waals surface area contributed by atoms with Gasteiger partial charge in [0.2, 0.25) is 0 Å². The molecule has 1 atom stereocenters. The summed E-state index contributed by atoms with van der Waals surface area (Å²) in [5.74, 6) is -0.235. The van der Waals surface area contributed by atoms with Crippen LogP contribution in [0, 0.1) is 5.92 Å². The molecular formula is C20H23F3N2S. The van der Waals surface area contributed by atoms with Gasteiger partial charge < -0.3 is 5.32 Å². The van der Waals surface area contributed by atoms with Crippen molar-refractivity contribution >= 4 is 17.4 Å². The van der Waals surface area contributed by atoms with E-state index in [0.29, 0.717) is 5.69 Å². The number of thioether (sulfide) groups is 1. The van der Waals surface area contributed by atoms with E-state index in [0.717, 1.165) is 33.2 Å². The summed E-state index contributed by atoms with van der Waals surface area (Å²) in [6.45, 7) is 6.17. The fourth-order valence-corrected chi connectivity index (χ4v) is 4.05. The summed E-state index contributed by atoms with van der Waals surface area (Å²) >= 11 is 1.72. The van der Waals surface area contributed by atoms with Crippen LogP contribution in [0.5, 0.6) is 0 Å². The van der Waals surface area contributed by atoms with E-state index in [1.54, 1.807) is 11.8 Å². The van der Waals surface area contributed by atoms with Crippen molar-refractivity contribution in [2.75, 3.05) is 17.6 Å². The Morgan fingerprint density at radius 3 is 2.65 bits per heavy atom. The van der Waals surface area contributed by atoms with E-state index in [9.17, 15) is 13.2 Å². The Bertz CT molecular complexity index is 787. The molecule has 0 radical (unpaired) electrons. The quantitative estimate of drug-likeness (QED) is 0.646. The van der Waals surface area contributed by atoms with Gasteiger partial charge in [-0.1, -0.05) is 39.0 Å². The van der Waals surface area contributed by atoms with Crippen LogP contribution in [-0.2, 0) is 6.42 Å². The van der Waals surface area contributed by atoms with Gasteiger partial charge in [-0.25, -0.2) is 0 Å². The minimum absolute atomic E-state index is 0.0692. The van der Waals surface area contributed by atoms with Gasteiger partial charge in [-0.2, -0.15) is 13.2 Å². The van der Waals surface area contributed by atoms with Gasteiger partial charge in [0.1, 0.15) is 0 Å². The van der Waals surface area contributed by atoms with Gasteiger partial charge >= 0.3 is 6.18 Å². The zero-order chi connectivity index (χ0) is 18.9. The van der Waals surface area contributed by atoms with Crippen LogP contribution in [-0.4, -0.2) is 23.5 Å². The number of alkyl halides is 3. The average molecular weight is 380 g/mol. The van der Waals surface area contributed by atoms with Crippen molar-refractivity contribution in [3.05, 3.63) is 41.6 Å². The van der Waals surface area contributed by atoms with Crippen LogP contribution in [0.3, 0.4) is 0 Å². The zero-order valence-corrected chi connectivity index (χ0v) is 16.0. The topological polar surface area (TPSA) is 24.9 Å². The molecule has 1 aromatic carbocycles. The molecule has 0 saturated heterocycles. The van der Waals surface area contributed by atoms with E-state index in [1.165, 1.54) is 0 Å². The third-order valence-electron chi connectivity index (χ3n) is 4.64. The summed E-state index contributed by atoms with van der Waals surface area (Å²) in [6, 6.07) is 9.98. The fraction of sp³-hybridized carbons (Fsp3) is 0.450. The summed E-state index contributed by atoms with van der Waals surface area (Å²) in [7, 11) is 0. The lowest BCUT2D eigenvalue weighted by Gasteiger charge is -2.29. The molecule has 0 fully saturated rings. The average Bonchev–Trinajstić information content (AvgIpc) is 2.60. The standard InChI is InChI=1S/C20H23F3N2S/c1-4-26-18-8-6-5-7-14(18)19-15(12(2)3)10-16-17(25-19)9-13(11-24-16)20(21,22)23/h5-8,10,12-13,24H,4,9,11H2,1-3H3. The van der Waals surface area contributed by atoms with Crippen LogP contribution in [0.25, 0.3) is 11.3 Å². The maximum Gasteiger partial charge on any atom is 0.393 e. The van der Waals surface area contributed by atoms with Crippen LogP contribution in [0.4, 0.5) is 18.9 Å². The minimum atomic E-state index is -4.21. The lowest BCUT2D eigenvalue weighted by molar-refractivity contribution is -0.171. The third kappa shape index (κ3) is 3.85. The van der Waals surface area contributed by atoms with Crippen molar-refractivity contribution in [3.8, 4) is 11.3 Å². The summed E-state index contributed by atoms with van der Waals surface area (Å²) in [6.07, 6.45) is -4.28. The van der Waals surface area contributed by atoms with E-state index < -0.39 is 12.1 Å². The van der Waals surface area contributed by atoms with Gasteiger partial charge in [0.25, 0.3) is 0 Å². The fourth-order valence-electron chi connectivity index (χ4n) is 3.25. The lowest BCUT2D eigenvalue weighted by Crippen LogP contribution is -2.35. The summed E-state index contributed by atoms with van der Waals surface area (Å²) in [5.41, 5.74) is 4.11. The number of nitrogens with zero attached hydrogens (tertiary/aromatic N) is 1. The highest BCUT2D eigenvalue weighted by atomic mass is 32.2. The van der Waals surface area contributed by atoms with Gasteiger partial charge in [0.05, 0.1) is 23.0 Å². The zero-order valence-electron chi connectivity index (χ0n) is 15.2. The first kappa shape index (κ1) is 19.1. The smallest absolute Gasteiger partial charge is 0.383 e. The van der Waals surface area contributed by atoms with Gasteiger partial charge in [0.15, 0.2) is 0 Å². The molecule has 0 saturated carbocycles. The molecule has 6 heteroatoms. The molecule has 0 amide bonds. The number of halogens is 3. The van der Waals surface area contributed by atoms with Gasteiger partial charge in [-0.3, -0.25) is 4.98 Å². The van der Waals surface area contributed by atoms with E-state index in [-0.39, 0.29) is 18.9 Å². The predicted molar refractivity (Wildman–Crippen MR) is 102 cm³/mol. The maximum atomic E-state index is 13.2.